The van der Waals surface area contributed by atoms with Crippen molar-refractivity contribution in [1.29, 1.82) is 0 Å². The number of nitrogens with zero attached hydrogens (tertiary/aromatic N) is 2. The fraction of sp³-hybridized carbons (Fsp3) is 0.357. The standard InChI is InChI=1S/C14H12F7N3/c1-8-10(9-5-3-4-6-11(9)24(8)2)7-22-23-14(20,21)12(15,16)13(17,18)19/h3-7,23H,1-2H3/b22-7+. The summed E-state index contributed by atoms with van der Waals surface area (Å²) < 4.78 is 89.5. The molecule has 0 saturated heterocycles. The molecule has 10 heteroatoms. The minimum Gasteiger partial charge on any atom is -0.347 e. The molecule has 0 aliphatic heterocycles. The van der Waals surface area contributed by atoms with E-state index in [4.69, 9.17) is 0 Å². The lowest BCUT2D eigenvalue weighted by Gasteiger charge is -2.27. The Morgan fingerprint density at radius 1 is 1.04 bits per heavy atom. The Bertz CT molecular complexity index is 775. The minimum absolute atomic E-state index is 0.326. The summed E-state index contributed by atoms with van der Waals surface area (Å²) in [7, 11) is 1.69. The molecule has 3 nitrogen and oxygen atoms in total. The van der Waals surface area contributed by atoms with Gasteiger partial charge in [-0.25, -0.2) is 5.43 Å². The second-order valence-corrected chi connectivity index (χ2v) is 5.09. The Kier molecular flexibility index (Phi) is 4.28. The van der Waals surface area contributed by atoms with Crippen LogP contribution in [0.3, 0.4) is 0 Å². The fourth-order valence-corrected chi connectivity index (χ4v) is 2.14. The van der Waals surface area contributed by atoms with Crippen molar-refractivity contribution in [3.8, 4) is 0 Å². The molecular weight excluding hydrogens is 343 g/mol. The van der Waals surface area contributed by atoms with Crippen LogP contribution < -0.4 is 5.43 Å². The summed E-state index contributed by atoms with van der Waals surface area (Å²) in [4.78, 5) is 0. The van der Waals surface area contributed by atoms with Gasteiger partial charge in [-0.2, -0.15) is 35.8 Å². The third-order valence-corrected chi connectivity index (χ3v) is 3.60. The molecule has 0 aliphatic rings. The highest BCUT2D eigenvalue weighted by Crippen LogP contribution is 2.45. The highest BCUT2D eigenvalue weighted by atomic mass is 19.4. The molecular formula is C14H12F7N3. The smallest absolute Gasteiger partial charge is 0.347 e. The normalized spacial score (nSPS) is 13.9. The molecule has 1 N–H and O–H groups in total. The first-order chi connectivity index (χ1) is 10.9. The van der Waals surface area contributed by atoms with E-state index in [1.165, 1.54) is 0 Å². The maximum Gasteiger partial charge on any atom is 0.462 e. The first-order valence-corrected chi connectivity index (χ1v) is 6.57. The van der Waals surface area contributed by atoms with E-state index >= 15 is 0 Å². The van der Waals surface area contributed by atoms with Crippen LogP contribution in [0.1, 0.15) is 11.3 Å². The number of aryl methyl sites for hydroxylation is 1. The largest absolute Gasteiger partial charge is 0.462 e. The maximum atomic E-state index is 13.1. The van der Waals surface area contributed by atoms with Gasteiger partial charge in [-0.1, -0.05) is 18.2 Å². The number of fused-ring (bicyclic) bond motifs is 1. The van der Waals surface area contributed by atoms with Gasteiger partial charge in [-0.05, 0) is 13.0 Å². The van der Waals surface area contributed by atoms with Gasteiger partial charge in [0.2, 0.25) is 0 Å². The molecule has 0 amide bonds. The number of halogens is 7. The van der Waals surface area contributed by atoms with Crippen molar-refractivity contribution in [2.75, 3.05) is 0 Å². The zero-order valence-corrected chi connectivity index (χ0v) is 12.4. The van der Waals surface area contributed by atoms with Crippen molar-refractivity contribution in [2.45, 2.75) is 25.1 Å². The molecule has 0 radical (unpaired) electrons. The average Bonchev–Trinajstić information content (AvgIpc) is 2.71. The zero-order valence-electron chi connectivity index (χ0n) is 12.4. The van der Waals surface area contributed by atoms with Gasteiger partial charge < -0.3 is 4.57 Å². The van der Waals surface area contributed by atoms with E-state index < -0.39 is 18.1 Å². The van der Waals surface area contributed by atoms with Crippen LogP contribution in [0.5, 0.6) is 0 Å². The predicted octanol–water partition coefficient (Wildman–Crippen LogP) is 4.20. The Balaban J connectivity index is 2.32. The number of benzene rings is 1. The van der Waals surface area contributed by atoms with Crippen LogP contribution in [0.25, 0.3) is 10.9 Å². The van der Waals surface area contributed by atoms with Gasteiger partial charge in [-0.3, -0.25) is 0 Å². The van der Waals surface area contributed by atoms with Gasteiger partial charge in [0.1, 0.15) is 0 Å². The summed E-state index contributed by atoms with van der Waals surface area (Å²) in [5, 5.41) is 3.49. The average molecular weight is 355 g/mol. The van der Waals surface area contributed by atoms with Crippen molar-refractivity contribution in [3.05, 3.63) is 35.5 Å². The van der Waals surface area contributed by atoms with Gasteiger partial charge in [0.15, 0.2) is 0 Å². The van der Waals surface area contributed by atoms with E-state index in [1.54, 1.807) is 42.8 Å². The molecule has 0 bridgehead atoms. The highest BCUT2D eigenvalue weighted by molar-refractivity contribution is 6.01. The number of hydrogen-bond acceptors (Lipinski definition) is 2. The summed E-state index contributed by atoms with van der Waals surface area (Å²) in [6, 6.07) is 1.20. The lowest BCUT2D eigenvalue weighted by Crippen LogP contribution is -2.58. The number of hydrogen-bond donors (Lipinski definition) is 1. The summed E-state index contributed by atoms with van der Waals surface area (Å²) >= 11 is 0. The van der Waals surface area contributed by atoms with Crippen molar-refractivity contribution in [3.63, 3.8) is 0 Å². The number of hydrazone groups is 1. The Morgan fingerprint density at radius 3 is 2.21 bits per heavy atom. The summed E-state index contributed by atoms with van der Waals surface area (Å²) in [6.45, 7) is 1.63. The quantitative estimate of drug-likeness (QED) is 0.379. The van der Waals surface area contributed by atoms with E-state index in [1.807, 2.05) is 0 Å². The molecule has 0 aliphatic carbocycles. The number of para-hydroxylation sites is 1. The lowest BCUT2D eigenvalue weighted by atomic mass is 10.1. The lowest BCUT2D eigenvalue weighted by molar-refractivity contribution is -0.361. The van der Waals surface area contributed by atoms with Gasteiger partial charge >= 0.3 is 18.1 Å². The van der Waals surface area contributed by atoms with Crippen LogP contribution >= 0.6 is 0 Å². The number of aromatic nitrogens is 1. The SMILES string of the molecule is Cc1c(/C=N/NC(F)(F)C(F)(F)C(F)(F)F)c2ccccc2n1C. The Hall–Kier alpha value is -2.26. The molecule has 0 unspecified atom stereocenters. The van der Waals surface area contributed by atoms with Crippen molar-refractivity contribution < 1.29 is 30.7 Å². The second-order valence-electron chi connectivity index (χ2n) is 5.09. The monoisotopic (exact) mass is 355 g/mol. The number of rotatable bonds is 4. The molecule has 2 aromatic rings. The van der Waals surface area contributed by atoms with Crippen LogP contribution in [0.4, 0.5) is 30.7 Å². The van der Waals surface area contributed by atoms with Crippen molar-refractivity contribution in [1.82, 2.24) is 9.99 Å². The number of nitrogens with one attached hydrogen (secondary N) is 1. The van der Waals surface area contributed by atoms with Crippen molar-refractivity contribution >= 4 is 17.1 Å². The molecule has 0 saturated carbocycles. The predicted molar refractivity (Wildman–Crippen MR) is 74.3 cm³/mol. The van der Waals surface area contributed by atoms with Gasteiger partial charge in [0.25, 0.3) is 0 Å². The van der Waals surface area contributed by atoms with E-state index in [-0.39, 0.29) is 0 Å². The first kappa shape index (κ1) is 18.1. The second kappa shape index (κ2) is 5.67. The van der Waals surface area contributed by atoms with Crippen LogP contribution in [0.2, 0.25) is 0 Å². The third-order valence-electron chi connectivity index (χ3n) is 3.60. The summed E-state index contributed by atoms with van der Waals surface area (Å²) in [6.07, 6.45) is -5.62. The van der Waals surface area contributed by atoms with Gasteiger partial charge in [0, 0.05) is 29.2 Å². The summed E-state index contributed by atoms with van der Waals surface area (Å²) in [5.74, 6) is -6.26. The topological polar surface area (TPSA) is 29.3 Å². The first-order valence-electron chi connectivity index (χ1n) is 6.57. The maximum absolute atomic E-state index is 13.1. The van der Waals surface area contributed by atoms with E-state index in [9.17, 15) is 30.7 Å². The summed E-state index contributed by atoms with van der Waals surface area (Å²) in [5.41, 5.74) is 2.24. The van der Waals surface area contributed by atoms with Crippen LogP contribution in [-0.4, -0.2) is 28.9 Å². The molecule has 1 heterocycles. The molecule has 24 heavy (non-hydrogen) atoms. The van der Waals surface area contributed by atoms with Crippen LogP contribution in [0, 0.1) is 6.92 Å². The molecule has 2 rings (SSSR count). The van der Waals surface area contributed by atoms with E-state index in [0.29, 0.717) is 22.1 Å². The zero-order chi connectivity index (χ0) is 18.3. The van der Waals surface area contributed by atoms with Crippen molar-refractivity contribution in [2.24, 2.45) is 12.1 Å². The van der Waals surface area contributed by atoms with E-state index in [2.05, 4.69) is 5.10 Å². The molecule has 0 atom stereocenters. The molecule has 132 valence electrons. The van der Waals surface area contributed by atoms with Crippen LogP contribution in [-0.2, 0) is 7.05 Å². The van der Waals surface area contributed by atoms with E-state index in [0.717, 1.165) is 11.7 Å². The molecule has 0 fully saturated rings. The molecule has 0 spiro atoms. The highest BCUT2D eigenvalue weighted by Gasteiger charge is 2.73. The van der Waals surface area contributed by atoms with Gasteiger partial charge in [-0.15, -0.1) is 0 Å². The number of alkyl halides is 7. The fourth-order valence-electron chi connectivity index (χ4n) is 2.14. The molecule has 1 aromatic carbocycles. The van der Waals surface area contributed by atoms with Gasteiger partial charge in [0.05, 0.1) is 6.21 Å². The minimum atomic E-state index is -6.41. The Labute approximate surface area is 131 Å². The van der Waals surface area contributed by atoms with Crippen LogP contribution in [0.15, 0.2) is 29.4 Å². The molecule has 1 aromatic heterocycles. The Morgan fingerprint density at radius 2 is 1.62 bits per heavy atom. The third kappa shape index (κ3) is 2.80.